The van der Waals surface area contributed by atoms with Crippen molar-refractivity contribution in [2.24, 2.45) is 23.7 Å². The Kier molecular flexibility index (Phi) is 4.32. The molecule has 2 aliphatic heterocycles. The van der Waals surface area contributed by atoms with Crippen LogP contribution in [-0.4, -0.2) is 45.9 Å². The smallest absolute Gasteiger partial charge is 0.319 e. The average Bonchev–Trinajstić information content (AvgIpc) is 2.89. The fourth-order valence-corrected chi connectivity index (χ4v) is 5.62. The molecule has 142 valence electrons. The summed E-state index contributed by atoms with van der Waals surface area (Å²) in [5, 5.41) is 2.92. The second-order valence-electron chi connectivity index (χ2n) is 8.55. The first kappa shape index (κ1) is 17.6. The van der Waals surface area contributed by atoms with Crippen LogP contribution in [-0.2, 0) is 9.59 Å². The Morgan fingerprint density at radius 3 is 1.96 bits per heavy atom. The summed E-state index contributed by atoms with van der Waals surface area (Å²) in [4.78, 5) is 41.9. The highest BCUT2D eigenvalue weighted by Crippen LogP contribution is 2.49. The molecule has 7 atom stereocenters. The fraction of sp³-hybridized carbons (Fsp3) is 0.750. The minimum atomic E-state index is -0.603. The molecule has 4 amide bonds. The number of rotatable bonds is 2. The molecule has 0 spiro atoms. The van der Waals surface area contributed by atoms with Crippen LogP contribution in [0.5, 0.6) is 0 Å². The summed E-state index contributed by atoms with van der Waals surface area (Å²) >= 11 is 0. The SMILES string of the molecule is C[C@H](NC(=O)N1[C@H](C)CCC[C@@H]1C)N1C(=O)[C@H]2[C@H](C1=O)[C@H]1C=C[C@H]2CC1. The van der Waals surface area contributed by atoms with Gasteiger partial charge in [-0.15, -0.1) is 0 Å². The van der Waals surface area contributed by atoms with E-state index in [1.54, 1.807) is 6.92 Å². The van der Waals surface area contributed by atoms with Gasteiger partial charge in [-0.25, -0.2) is 4.79 Å². The quantitative estimate of drug-likeness (QED) is 0.608. The number of allylic oxidation sites excluding steroid dienone is 2. The van der Waals surface area contributed by atoms with Crippen molar-refractivity contribution >= 4 is 17.8 Å². The molecule has 26 heavy (non-hydrogen) atoms. The molecule has 5 rings (SSSR count). The zero-order valence-corrected chi connectivity index (χ0v) is 15.9. The molecule has 2 bridgehead atoms. The summed E-state index contributed by atoms with van der Waals surface area (Å²) < 4.78 is 0. The molecule has 6 heteroatoms. The number of nitrogens with one attached hydrogen (secondary N) is 1. The normalized spacial score (nSPS) is 40.0. The van der Waals surface area contributed by atoms with Gasteiger partial charge in [0.1, 0.15) is 6.17 Å². The third kappa shape index (κ3) is 2.57. The van der Waals surface area contributed by atoms with Crippen molar-refractivity contribution in [2.45, 2.75) is 71.1 Å². The second-order valence-corrected chi connectivity index (χ2v) is 8.55. The molecule has 0 aromatic heterocycles. The maximum Gasteiger partial charge on any atom is 0.319 e. The standard InChI is InChI=1S/C20H29N3O3/c1-11-5-4-6-12(2)22(11)20(26)21-13(3)23-18(24)16-14-7-8-15(10-9-14)17(16)19(23)25/h7-8,11-17H,4-6,9-10H2,1-3H3,(H,21,26)/t11-,12+,13-,14+,15+,16-,17-/m1/s1. The van der Waals surface area contributed by atoms with Gasteiger partial charge < -0.3 is 10.2 Å². The Hall–Kier alpha value is -1.85. The molecule has 0 unspecified atom stereocenters. The first-order chi connectivity index (χ1) is 12.4. The lowest BCUT2D eigenvalue weighted by molar-refractivity contribution is -0.142. The van der Waals surface area contributed by atoms with Crippen LogP contribution in [0.3, 0.4) is 0 Å². The first-order valence-electron chi connectivity index (χ1n) is 10.0. The molecule has 0 aromatic carbocycles. The lowest BCUT2D eigenvalue weighted by atomic mass is 9.63. The molecular weight excluding hydrogens is 330 g/mol. The Balaban J connectivity index is 1.48. The van der Waals surface area contributed by atoms with E-state index in [1.807, 2.05) is 4.90 Å². The summed E-state index contributed by atoms with van der Waals surface area (Å²) in [7, 11) is 0. The van der Waals surface area contributed by atoms with E-state index in [-0.39, 0.29) is 53.6 Å². The van der Waals surface area contributed by atoms with Crippen molar-refractivity contribution in [1.82, 2.24) is 15.1 Å². The summed E-state index contributed by atoms with van der Waals surface area (Å²) in [6.07, 6.45) is 8.71. The van der Waals surface area contributed by atoms with Gasteiger partial charge in [-0.05, 0) is 64.7 Å². The molecule has 1 N–H and O–H groups in total. The molecule has 3 fully saturated rings. The highest BCUT2D eigenvalue weighted by atomic mass is 16.2. The average molecular weight is 359 g/mol. The number of fused-ring (bicyclic) bond motifs is 1. The highest BCUT2D eigenvalue weighted by molar-refractivity contribution is 6.06. The number of amides is 4. The van der Waals surface area contributed by atoms with Crippen LogP contribution in [0.1, 0.15) is 52.9 Å². The summed E-state index contributed by atoms with van der Waals surface area (Å²) in [6, 6.07) is 0.186. The number of hydrogen-bond acceptors (Lipinski definition) is 3. The Labute approximate surface area is 155 Å². The number of carbonyl (C=O) groups is 3. The Bertz CT molecular complexity index is 619. The highest BCUT2D eigenvalue weighted by Gasteiger charge is 2.57. The number of imide groups is 1. The van der Waals surface area contributed by atoms with E-state index < -0.39 is 6.17 Å². The van der Waals surface area contributed by atoms with E-state index in [0.29, 0.717) is 0 Å². The lowest BCUT2D eigenvalue weighted by Gasteiger charge is -2.40. The van der Waals surface area contributed by atoms with Crippen LogP contribution in [0.2, 0.25) is 0 Å². The van der Waals surface area contributed by atoms with E-state index in [1.165, 1.54) is 4.90 Å². The van der Waals surface area contributed by atoms with Crippen LogP contribution in [0, 0.1) is 23.7 Å². The number of likely N-dealkylation sites (tertiary alicyclic amines) is 2. The topological polar surface area (TPSA) is 69.7 Å². The predicted octanol–water partition coefficient (Wildman–Crippen LogP) is 2.50. The van der Waals surface area contributed by atoms with Crippen molar-refractivity contribution in [3.05, 3.63) is 12.2 Å². The lowest BCUT2D eigenvalue weighted by Crippen LogP contribution is -2.57. The maximum absolute atomic E-state index is 13.0. The van der Waals surface area contributed by atoms with Crippen molar-refractivity contribution in [3.8, 4) is 0 Å². The van der Waals surface area contributed by atoms with Gasteiger partial charge >= 0.3 is 6.03 Å². The third-order valence-electron chi connectivity index (χ3n) is 6.94. The molecule has 5 aliphatic rings. The minimum Gasteiger partial charge on any atom is -0.319 e. The zero-order valence-electron chi connectivity index (χ0n) is 15.9. The van der Waals surface area contributed by atoms with Crippen LogP contribution < -0.4 is 5.32 Å². The van der Waals surface area contributed by atoms with E-state index in [0.717, 1.165) is 32.1 Å². The van der Waals surface area contributed by atoms with E-state index in [9.17, 15) is 14.4 Å². The first-order valence-corrected chi connectivity index (χ1v) is 10.0. The van der Waals surface area contributed by atoms with Crippen molar-refractivity contribution in [1.29, 1.82) is 0 Å². The minimum absolute atomic E-state index is 0.105. The van der Waals surface area contributed by atoms with Crippen molar-refractivity contribution in [3.63, 3.8) is 0 Å². The fourth-order valence-electron chi connectivity index (χ4n) is 5.62. The molecule has 1 saturated carbocycles. The largest absolute Gasteiger partial charge is 0.319 e. The molecule has 3 aliphatic carbocycles. The number of carbonyl (C=O) groups excluding carboxylic acids is 3. The molecule has 0 aromatic rings. The monoisotopic (exact) mass is 359 g/mol. The van der Waals surface area contributed by atoms with Gasteiger partial charge in [0.25, 0.3) is 0 Å². The van der Waals surface area contributed by atoms with Crippen molar-refractivity contribution < 1.29 is 14.4 Å². The molecule has 2 heterocycles. The van der Waals surface area contributed by atoms with Gasteiger partial charge in [-0.2, -0.15) is 0 Å². The van der Waals surface area contributed by atoms with E-state index in [4.69, 9.17) is 0 Å². The molecule has 0 radical (unpaired) electrons. The van der Waals surface area contributed by atoms with Gasteiger partial charge in [0.05, 0.1) is 11.8 Å². The van der Waals surface area contributed by atoms with Gasteiger partial charge in [0, 0.05) is 12.1 Å². The van der Waals surface area contributed by atoms with Crippen LogP contribution in [0.15, 0.2) is 12.2 Å². The number of piperidine rings is 1. The van der Waals surface area contributed by atoms with E-state index >= 15 is 0 Å². The Morgan fingerprint density at radius 2 is 1.50 bits per heavy atom. The van der Waals surface area contributed by atoms with Crippen LogP contribution >= 0.6 is 0 Å². The third-order valence-corrected chi connectivity index (χ3v) is 6.94. The number of nitrogens with zero attached hydrogens (tertiary/aromatic N) is 2. The summed E-state index contributed by atoms with van der Waals surface area (Å²) in [5.74, 6) is -0.303. The molecule has 2 saturated heterocycles. The predicted molar refractivity (Wildman–Crippen MR) is 96.8 cm³/mol. The summed E-state index contributed by atoms with van der Waals surface area (Å²) in [5.41, 5.74) is 0. The molecule has 6 nitrogen and oxygen atoms in total. The van der Waals surface area contributed by atoms with Gasteiger partial charge in [-0.3, -0.25) is 14.5 Å². The Morgan fingerprint density at radius 1 is 1.00 bits per heavy atom. The number of urea groups is 1. The van der Waals surface area contributed by atoms with Crippen molar-refractivity contribution in [2.75, 3.05) is 0 Å². The number of hydrogen-bond donors (Lipinski definition) is 1. The summed E-state index contributed by atoms with van der Waals surface area (Å²) in [6.45, 7) is 5.87. The van der Waals surface area contributed by atoms with Gasteiger partial charge in [-0.1, -0.05) is 12.2 Å². The zero-order chi connectivity index (χ0) is 18.6. The maximum atomic E-state index is 13.0. The molecular formula is C20H29N3O3. The van der Waals surface area contributed by atoms with Crippen LogP contribution in [0.25, 0.3) is 0 Å². The van der Waals surface area contributed by atoms with Crippen LogP contribution in [0.4, 0.5) is 4.79 Å². The van der Waals surface area contributed by atoms with E-state index in [2.05, 4.69) is 31.3 Å². The second kappa shape index (κ2) is 6.39. The van der Waals surface area contributed by atoms with Gasteiger partial charge in [0.15, 0.2) is 0 Å². The van der Waals surface area contributed by atoms with Gasteiger partial charge in [0.2, 0.25) is 11.8 Å².